The van der Waals surface area contributed by atoms with Gasteiger partial charge in [0.05, 0.1) is 11.9 Å². The van der Waals surface area contributed by atoms with Crippen LogP contribution in [0.15, 0.2) is 54.6 Å². The summed E-state index contributed by atoms with van der Waals surface area (Å²) in [7, 11) is -3.39. The number of nitrogens with one attached hydrogen (secondary N) is 1. The summed E-state index contributed by atoms with van der Waals surface area (Å²) >= 11 is 0. The Labute approximate surface area is 162 Å². The number of hydrogen-bond acceptors (Lipinski definition) is 3. The quantitative estimate of drug-likeness (QED) is 0.635. The summed E-state index contributed by atoms with van der Waals surface area (Å²) in [6.45, 7) is 2.80. The van der Waals surface area contributed by atoms with Gasteiger partial charge in [0.25, 0.3) is 0 Å². The Morgan fingerprint density at radius 3 is 2.33 bits per heavy atom. The van der Waals surface area contributed by atoms with Crippen molar-refractivity contribution in [2.24, 2.45) is 0 Å². The first-order valence-corrected chi connectivity index (χ1v) is 11.1. The maximum Gasteiger partial charge on any atom is 0.232 e. The monoisotopic (exact) mass is 388 g/mol. The Hall–Kier alpha value is -2.34. The molecule has 0 fully saturated rings. The molecule has 0 atom stereocenters. The lowest BCUT2D eigenvalue weighted by Gasteiger charge is -2.24. The molecule has 0 aliphatic carbocycles. The number of sulfonamides is 1. The van der Waals surface area contributed by atoms with Crippen LogP contribution >= 0.6 is 0 Å². The van der Waals surface area contributed by atoms with Gasteiger partial charge in [0.2, 0.25) is 15.9 Å². The van der Waals surface area contributed by atoms with Crippen LogP contribution in [0.2, 0.25) is 0 Å². The van der Waals surface area contributed by atoms with Gasteiger partial charge in [0.15, 0.2) is 0 Å². The molecular weight excluding hydrogens is 360 g/mol. The zero-order chi connectivity index (χ0) is 19.7. The van der Waals surface area contributed by atoms with E-state index in [-0.39, 0.29) is 5.91 Å². The molecule has 2 aromatic carbocycles. The Morgan fingerprint density at radius 1 is 1.00 bits per heavy atom. The van der Waals surface area contributed by atoms with Crippen molar-refractivity contribution in [3.63, 3.8) is 0 Å². The van der Waals surface area contributed by atoms with Crippen molar-refractivity contribution in [1.29, 1.82) is 0 Å². The van der Waals surface area contributed by atoms with Crippen LogP contribution in [0, 0.1) is 6.92 Å². The summed E-state index contributed by atoms with van der Waals surface area (Å²) in [6.07, 6.45) is 3.79. The van der Waals surface area contributed by atoms with E-state index < -0.39 is 10.0 Å². The van der Waals surface area contributed by atoms with Crippen molar-refractivity contribution in [3.05, 3.63) is 65.7 Å². The van der Waals surface area contributed by atoms with Crippen LogP contribution in [0.1, 0.15) is 30.4 Å². The molecule has 0 aromatic heterocycles. The molecule has 0 saturated heterocycles. The zero-order valence-electron chi connectivity index (χ0n) is 16.0. The number of amides is 1. The maximum atomic E-state index is 12.1. The van der Waals surface area contributed by atoms with Crippen molar-refractivity contribution in [2.75, 3.05) is 23.7 Å². The van der Waals surface area contributed by atoms with Crippen LogP contribution in [0.3, 0.4) is 0 Å². The van der Waals surface area contributed by atoms with E-state index in [0.717, 1.165) is 18.4 Å². The SMILES string of the molecule is Cc1ccccc1N(CCCC(=O)NCCCc1ccccc1)S(C)(=O)=O. The van der Waals surface area contributed by atoms with E-state index in [9.17, 15) is 13.2 Å². The molecule has 2 rings (SSSR count). The van der Waals surface area contributed by atoms with Crippen LogP contribution in [-0.4, -0.2) is 33.7 Å². The number of para-hydroxylation sites is 1. The van der Waals surface area contributed by atoms with Crippen molar-refractivity contribution < 1.29 is 13.2 Å². The van der Waals surface area contributed by atoms with Gasteiger partial charge >= 0.3 is 0 Å². The molecule has 0 heterocycles. The Balaban J connectivity index is 1.76. The predicted octanol–water partition coefficient (Wildman–Crippen LogP) is 3.29. The zero-order valence-corrected chi connectivity index (χ0v) is 16.8. The fourth-order valence-corrected chi connectivity index (χ4v) is 3.97. The van der Waals surface area contributed by atoms with Gasteiger partial charge in [-0.05, 0) is 43.4 Å². The minimum atomic E-state index is -3.39. The molecular formula is C21H28N2O3S. The predicted molar refractivity (Wildman–Crippen MR) is 110 cm³/mol. The van der Waals surface area contributed by atoms with E-state index in [1.165, 1.54) is 16.1 Å². The largest absolute Gasteiger partial charge is 0.356 e. The molecule has 0 spiro atoms. The number of nitrogens with zero attached hydrogens (tertiary/aromatic N) is 1. The molecule has 0 unspecified atom stereocenters. The van der Waals surface area contributed by atoms with Gasteiger partial charge in [-0.2, -0.15) is 0 Å². The summed E-state index contributed by atoms with van der Waals surface area (Å²) in [4.78, 5) is 12.0. The normalized spacial score (nSPS) is 11.2. The lowest BCUT2D eigenvalue weighted by molar-refractivity contribution is -0.121. The first kappa shape index (κ1) is 21.0. The van der Waals surface area contributed by atoms with Gasteiger partial charge in [0, 0.05) is 19.5 Å². The molecule has 1 amide bonds. The molecule has 1 N–H and O–H groups in total. The van der Waals surface area contributed by atoms with Crippen molar-refractivity contribution in [1.82, 2.24) is 5.32 Å². The number of carbonyl (C=O) groups excluding carboxylic acids is 1. The van der Waals surface area contributed by atoms with Crippen LogP contribution in [0.4, 0.5) is 5.69 Å². The van der Waals surface area contributed by atoms with Gasteiger partial charge < -0.3 is 5.32 Å². The first-order chi connectivity index (χ1) is 12.9. The average Bonchev–Trinajstić information content (AvgIpc) is 2.63. The van der Waals surface area contributed by atoms with Gasteiger partial charge in [0.1, 0.15) is 0 Å². The van der Waals surface area contributed by atoms with E-state index in [1.807, 2.05) is 43.3 Å². The number of aryl methyl sites for hydroxylation is 2. The van der Waals surface area contributed by atoms with Crippen LogP contribution in [0.5, 0.6) is 0 Å². The van der Waals surface area contributed by atoms with E-state index in [4.69, 9.17) is 0 Å². The molecule has 0 radical (unpaired) electrons. The van der Waals surface area contributed by atoms with Gasteiger partial charge in [-0.15, -0.1) is 0 Å². The standard InChI is InChI=1S/C21H28N2O3S/c1-18-10-6-7-14-20(18)23(27(2,25)26)17-9-15-21(24)22-16-8-13-19-11-4-3-5-12-19/h3-7,10-12,14H,8-9,13,15-17H2,1-2H3,(H,22,24). The third kappa shape index (κ3) is 7.06. The minimum absolute atomic E-state index is 0.0405. The van der Waals surface area contributed by atoms with E-state index in [2.05, 4.69) is 17.4 Å². The highest BCUT2D eigenvalue weighted by atomic mass is 32.2. The molecule has 2 aromatic rings. The van der Waals surface area contributed by atoms with Crippen molar-refractivity contribution in [2.45, 2.75) is 32.6 Å². The Bertz CT molecular complexity index is 836. The number of carbonyl (C=O) groups is 1. The summed E-state index contributed by atoms with van der Waals surface area (Å²) in [5, 5.41) is 2.91. The molecule has 0 aliphatic heterocycles. The van der Waals surface area contributed by atoms with E-state index in [1.54, 1.807) is 6.07 Å². The first-order valence-electron chi connectivity index (χ1n) is 9.22. The average molecular weight is 389 g/mol. The number of hydrogen-bond donors (Lipinski definition) is 1. The summed E-state index contributed by atoms with van der Waals surface area (Å²) in [5.41, 5.74) is 2.82. The third-order valence-corrected chi connectivity index (χ3v) is 5.54. The van der Waals surface area contributed by atoms with Crippen molar-refractivity contribution >= 4 is 21.6 Å². The Kier molecular flexibility index (Phi) is 7.85. The number of anilines is 1. The highest BCUT2D eigenvalue weighted by Gasteiger charge is 2.18. The minimum Gasteiger partial charge on any atom is -0.356 e. The molecule has 6 heteroatoms. The molecule has 0 bridgehead atoms. The second-order valence-electron chi connectivity index (χ2n) is 6.66. The van der Waals surface area contributed by atoms with Crippen LogP contribution in [0.25, 0.3) is 0 Å². The van der Waals surface area contributed by atoms with Crippen molar-refractivity contribution in [3.8, 4) is 0 Å². The van der Waals surface area contributed by atoms with Crippen LogP contribution < -0.4 is 9.62 Å². The van der Waals surface area contributed by atoms with Gasteiger partial charge in [-0.1, -0.05) is 48.5 Å². The third-order valence-electron chi connectivity index (χ3n) is 4.36. The topological polar surface area (TPSA) is 66.5 Å². The van der Waals surface area contributed by atoms with E-state index >= 15 is 0 Å². The number of rotatable bonds is 10. The van der Waals surface area contributed by atoms with Gasteiger partial charge in [-0.3, -0.25) is 9.10 Å². The summed E-state index contributed by atoms with van der Waals surface area (Å²) < 4.78 is 25.6. The lowest BCUT2D eigenvalue weighted by Crippen LogP contribution is -2.32. The molecule has 27 heavy (non-hydrogen) atoms. The summed E-state index contributed by atoms with van der Waals surface area (Å²) in [6, 6.07) is 17.5. The van der Waals surface area contributed by atoms with E-state index in [0.29, 0.717) is 31.6 Å². The Morgan fingerprint density at radius 2 is 1.67 bits per heavy atom. The molecule has 0 aliphatic rings. The maximum absolute atomic E-state index is 12.1. The molecule has 146 valence electrons. The molecule has 0 saturated carbocycles. The summed E-state index contributed by atoms with van der Waals surface area (Å²) in [5.74, 6) is -0.0405. The van der Waals surface area contributed by atoms with Gasteiger partial charge in [-0.25, -0.2) is 8.42 Å². The second kappa shape index (κ2) is 10.1. The highest BCUT2D eigenvalue weighted by Crippen LogP contribution is 2.22. The van der Waals surface area contributed by atoms with Crippen LogP contribution in [-0.2, 0) is 21.2 Å². The second-order valence-corrected chi connectivity index (χ2v) is 8.57. The smallest absolute Gasteiger partial charge is 0.232 e. The number of benzene rings is 2. The lowest BCUT2D eigenvalue weighted by atomic mass is 10.1. The fourth-order valence-electron chi connectivity index (χ4n) is 2.94. The molecule has 5 nitrogen and oxygen atoms in total. The highest BCUT2D eigenvalue weighted by molar-refractivity contribution is 7.92. The fraction of sp³-hybridized carbons (Fsp3) is 0.381.